The van der Waals surface area contributed by atoms with Crippen LogP contribution >= 0.6 is 0 Å². The second kappa shape index (κ2) is 10.3. The third-order valence-corrected chi connectivity index (χ3v) is 4.76. The van der Waals surface area contributed by atoms with Gasteiger partial charge in [-0.2, -0.15) is 0 Å². The molecule has 0 aliphatic rings. The van der Waals surface area contributed by atoms with Gasteiger partial charge in [-0.05, 0) is 54.3 Å². The molecule has 0 saturated carbocycles. The summed E-state index contributed by atoms with van der Waals surface area (Å²) < 4.78 is 10.7. The zero-order valence-corrected chi connectivity index (χ0v) is 16.9. The van der Waals surface area contributed by atoms with Crippen molar-refractivity contribution < 1.29 is 14.3 Å². The predicted molar refractivity (Wildman–Crippen MR) is 115 cm³/mol. The summed E-state index contributed by atoms with van der Waals surface area (Å²) in [6.45, 7) is 2.59. The standard InChI is InChI=1S/C25H27NO3/c1-3-29-23-16-12-21(13-17-23)25(20-7-5-4-6-8-20)26-24(27)18-11-19-9-14-22(28-2)15-10-19/h4-10,12-17,25H,3,11,18H2,1-2H3,(H,26,27). The molecule has 3 aromatic carbocycles. The lowest BCUT2D eigenvalue weighted by molar-refractivity contribution is -0.121. The van der Waals surface area contributed by atoms with Crippen LogP contribution in [0.5, 0.6) is 11.5 Å². The zero-order chi connectivity index (χ0) is 20.5. The molecule has 0 aromatic heterocycles. The smallest absolute Gasteiger partial charge is 0.221 e. The van der Waals surface area contributed by atoms with Crippen LogP contribution in [-0.2, 0) is 11.2 Å². The van der Waals surface area contributed by atoms with E-state index in [-0.39, 0.29) is 11.9 Å². The van der Waals surface area contributed by atoms with Crippen LogP contribution in [-0.4, -0.2) is 19.6 Å². The van der Waals surface area contributed by atoms with Crippen molar-refractivity contribution in [2.24, 2.45) is 0 Å². The van der Waals surface area contributed by atoms with Crippen LogP contribution in [0.1, 0.15) is 36.1 Å². The number of methoxy groups -OCH3 is 1. The summed E-state index contributed by atoms with van der Waals surface area (Å²) in [6.07, 6.45) is 1.10. The highest BCUT2D eigenvalue weighted by atomic mass is 16.5. The van der Waals surface area contributed by atoms with E-state index >= 15 is 0 Å². The number of carbonyl (C=O) groups excluding carboxylic acids is 1. The quantitative estimate of drug-likeness (QED) is 0.564. The van der Waals surface area contributed by atoms with Crippen molar-refractivity contribution in [1.29, 1.82) is 0 Å². The summed E-state index contributed by atoms with van der Waals surface area (Å²) in [7, 11) is 1.65. The van der Waals surface area contributed by atoms with Gasteiger partial charge in [0.15, 0.2) is 0 Å². The molecule has 1 N–H and O–H groups in total. The first-order chi connectivity index (χ1) is 14.2. The van der Waals surface area contributed by atoms with Crippen molar-refractivity contribution in [1.82, 2.24) is 5.32 Å². The van der Waals surface area contributed by atoms with Crippen molar-refractivity contribution in [2.45, 2.75) is 25.8 Å². The highest BCUT2D eigenvalue weighted by Gasteiger charge is 2.17. The van der Waals surface area contributed by atoms with Gasteiger partial charge >= 0.3 is 0 Å². The molecule has 0 heterocycles. The molecule has 1 atom stereocenters. The van der Waals surface area contributed by atoms with Crippen LogP contribution in [0.25, 0.3) is 0 Å². The number of nitrogens with one attached hydrogen (secondary N) is 1. The SMILES string of the molecule is CCOc1ccc(C(NC(=O)CCc2ccc(OC)cc2)c2ccccc2)cc1. The molecule has 29 heavy (non-hydrogen) atoms. The van der Waals surface area contributed by atoms with E-state index in [1.807, 2.05) is 85.8 Å². The Morgan fingerprint density at radius 1 is 0.862 bits per heavy atom. The zero-order valence-electron chi connectivity index (χ0n) is 16.9. The van der Waals surface area contributed by atoms with Gasteiger partial charge in [0, 0.05) is 6.42 Å². The van der Waals surface area contributed by atoms with Crippen molar-refractivity contribution in [3.8, 4) is 11.5 Å². The van der Waals surface area contributed by atoms with E-state index in [4.69, 9.17) is 9.47 Å². The number of aryl methyl sites for hydroxylation is 1. The van der Waals surface area contributed by atoms with E-state index in [9.17, 15) is 4.79 Å². The number of benzene rings is 3. The number of amides is 1. The van der Waals surface area contributed by atoms with E-state index in [1.54, 1.807) is 7.11 Å². The molecule has 4 nitrogen and oxygen atoms in total. The lowest BCUT2D eigenvalue weighted by Gasteiger charge is -2.20. The highest BCUT2D eigenvalue weighted by Crippen LogP contribution is 2.24. The summed E-state index contributed by atoms with van der Waals surface area (Å²) in [5.41, 5.74) is 3.19. The molecule has 0 spiro atoms. The van der Waals surface area contributed by atoms with Crippen LogP contribution in [0.15, 0.2) is 78.9 Å². The molecule has 0 saturated heterocycles. The van der Waals surface area contributed by atoms with Crippen LogP contribution < -0.4 is 14.8 Å². The topological polar surface area (TPSA) is 47.6 Å². The maximum atomic E-state index is 12.7. The van der Waals surface area contributed by atoms with Gasteiger partial charge in [0.1, 0.15) is 11.5 Å². The molecule has 4 heteroatoms. The molecule has 3 aromatic rings. The lowest BCUT2D eigenvalue weighted by Crippen LogP contribution is -2.29. The van der Waals surface area contributed by atoms with Gasteiger partial charge < -0.3 is 14.8 Å². The molecule has 0 bridgehead atoms. The number of ether oxygens (including phenoxy) is 2. The average Bonchev–Trinajstić information content (AvgIpc) is 2.78. The van der Waals surface area contributed by atoms with Gasteiger partial charge in [0.2, 0.25) is 5.91 Å². The Morgan fingerprint density at radius 2 is 1.48 bits per heavy atom. The first-order valence-corrected chi connectivity index (χ1v) is 9.89. The molecule has 0 aliphatic heterocycles. The van der Waals surface area contributed by atoms with Crippen LogP contribution in [0.3, 0.4) is 0 Å². The maximum Gasteiger partial charge on any atom is 0.221 e. The van der Waals surface area contributed by atoms with E-state index in [0.29, 0.717) is 19.4 Å². The molecule has 1 unspecified atom stereocenters. The second-order valence-corrected chi connectivity index (χ2v) is 6.76. The second-order valence-electron chi connectivity index (χ2n) is 6.76. The Labute approximate surface area is 172 Å². The van der Waals surface area contributed by atoms with E-state index in [0.717, 1.165) is 28.2 Å². The van der Waals surface area contributed by atoms with E-state index in [2.05, 4.69) is 5.32 Å². The first-order valence-electron chi connectivity index (χ1n) is 9.89. The summed E-state index contributed by atoms with van der Waals surface area (Å²) in [6, 6.07) is 25.5. The maximum absolute atomic E-state index is 12.7. The molecule has 1 amide bonds. The number of carbonyl (C=O) groups is 1. The van der Waals surface area contributed by atoms with Crippen LogP contribution in [0.4, 0.5) is 0 Å². The normalized spacial score (nSPS) is 11.5. The average molecular weight is 389 g/mol. The molecule has 0 aliphatic carbocycles. The van der Waals surface area contributed by atoms with Gasteiger partial charge in [-0.25, -0.2) is 0 Å². The highest BCUT2D eigenvalue weighted by molar-refractivity contribution is 5.77. The molecular formula is C25H27NO3. The van der Waals surface area contributed by atoms with Gasteiger partial charge in [0.05, 0.1) is 19.8 Å². The largest absolute Gasteiger partial charge is 0.497 e. The fourth-order valence-corrected chi connectivity index (χ4v) is 3.21. The Kier molecular flexibility index (Phi) is 7.28. The van der Waals surface area contributed by atoms with Gasteiger partial charge in [-0.1, -0.05) is 54.6 Å². The fraction of sp³-hybridized carbons (Fsp3) is 0.240. The summed E-state index contributed by atoms with van der Waals surface area (Å²) >= 11 is 0. The third kappa shape index (κ3) is 5.85. The molecule has 150 valence electrons. The Bertz CT molecular complexity index is 890. The molecule has 0 fully saturated rings. The minimum Gasteiger partial charge on any atom is -0.497 e. The number of hydrogen-bond acceptors (Lipinski definition) is 3. The molecule has 0 radical (unpaired) electrons. The molecule has 3 rings (SSSR count). The molecular weight excluding hydrogens is 362 g/mol. The Balaban J connectivity index is 1.69. The van der Waals surface area contributed by atoms with Gasteiger partial charge in [-0.3, -0.25) is 4.79 Å². The van der Waals surface area contributed by atoms with E-state index in [1.165, 1.54) is 0 Å². The van der Waals surface area contributed by atoms with Crippen molar-refractivity contribution in [3.63, 3.8) is 0 Å². The van der Waals surface area contributed by atoms with Crippen LogP contribution in [0.2, 0.25) is 0 Å². The summed E-state index contributed by atoms with van der Waals surface area (Å²) in [5, 5.41) is 3.19. The third-order valence-electron chi connectivity index (χ3n) is 4.76. The Morgan fingerprint density at radius 3 is 2.10 bits per heavy atom. The van der Waals surface area contributed by atoms with E-state index < -0.39 is 0 Å². The number of rotatable bonds is 9. The van der Waals surface area contributed by atoms with Crippen molar-refractivity contribution in [3.05, 3.63) is 95.6 Å². The summed E-state index contributed by atoms with van der Waals surface area (Å²) in [4.78, 5) is 12.7. The minimum absolute atomic E-state index is 0.0172. The van der Waals surface area contributed by atoms with Gasteiger partial charge in [-0.15, -0.1) is 0 Å². The Hall–Kier alpha value is -3.27. The first kappa shape index (κ1) is 20.5. The van der Waals surface area contributed by atoms with Crippen LogP contribution in [0, 0.1) is 0 Å². The lowest BCUT2D eigenvalue weighted by atomic mass is 9.98. The predicted octanol–water partition coefficient (Wildman–Crippen LogP) is 4.93. The summed E-state index contributed by atoms with van der Waals surface area (Å²) in [5.74, 6) is 1.66. The fourth-order valence-electron chi connectivity index (χ4n) is 3.21. The number of hydrogen-bond donors (Lipinski definition) is 1. The van der Waals surface area contributed by atoms with Crippen molar-refractivity contribution in [2.75, 3.05) is 13.7 Å². The van der Waals surface area contributed by atoms with Gasteiger partial charge in [0.25, 0.3) is 0 Å². The van der Waals surface area contributed by atoms with Crippen molar-refractivity contribution >= 4 is 5.91 Å². The minimum atomic E-state index is -0.199. The monoisotopic (exact) mass is 389 g/mol.